The van der Waals surface area contributed by atoms with Crippen LogP contribution in [-0.4, -0.2) is 67.5 Å². The number of amides is 2. The molecule has 4 fully saturated rings. The fraction of sp³-hybridized carbons (Fsp3) is 0.565. The van der Waals surface area contributed by atoms with Crippen LogP contribution in [0.1, 0.15) is 53.0 Å². The minimum absolute atomic E-state index is 0.136. The van der Waals surface area contributed by atoms with Crippen molar-refractivity contribution in [3.63, 3.8) is 0 Å². The molecule has 2 amide bonds. The number of hydrogen-bond donors (Lipinski definition) is 1. The number of nitrogens with one attached hydrogen (secondary N) is 1. The number of piperazine rings is 1. The van der Waals surface area contributed by atoms with Crippen molar-refractivity contribution in [2.45, 2.75) is 45.4 Å². The summed E-state index contributed by atoms with van der Waals surface area (Å²) in [6.45, 7) is 3.71. The number of H-pyrrole nitrogens is 1. The van der Waals surface area contributed by atoms with Crippen molar-refractivity contribution in [1.29, 1.82) is 5.26 Å². The maximum absolute atomic E-state index is 13.2. The molecule has 0 atom stereocenters. The number of hydrogen-bond acceptors (Lipinski definition) is 6. The van der Waals surface area contributed by atoms with Gasteiger partial charge in [0.25, 0.3) is 11.5 Å². The topological polar surface area (TPSA) is 128 Å². The highest BCUT2D eigenvalue weighted by Crippen LogP contribution is 2.73. The highest BCUT2D eigenvalue weighted by Gasteiger charge is 2.72. The molecule has 3 heterocycles. The summed E-state index contributed by atoms with van der Waals surface area (Å²) < 4.78 is 1.51. The normalized spacial score (nSPS) is 27.4. The Balaban J connectivity index is 1.14. The Morgan fingerprint density at radius 3 is 2.52 bits per heavy atom. The molecule has 0 radical (unpaired) electrons. The minimum atomic E-state index is -0.320. The van der Waals surface area contributed by atoms with Gasteiger partial charge in [0.2, 0.25) is 11.9 Å². The molecule has 170 valence electrons. The van der Waals surface area contributed by atoms with Crippen molar-refractivity contribution in [1.82, 2.24) is 29.5 Å². The van der Waals surface area contributed by atoms with Crippen LogP contribution in [0.15, 0.2) is 11.0 Å². The third kappa shape index (κ3) is 2.81. The van der Waals surface area contributed by atoms with E-state index >= 15 is 0 Å². The maximum atomic E-state index is 13.2. The zero-order chi connectivity index (χ0) is 23.0. The molecule has 3 saturated carbocycles. The summed E-state index contributed by atoms with van der Waals surface area (Å²) in [5.41, 5.74) is 1.93. The van der Waals surface area contributed by atoms with Crippen molar-refractivity contribution >= 4 is 11.8 Å². The van der Waals surface area contributed by atoms with Crippen LogP contribution in [-0.2, 0) is 17.6 Å². The van der Waals surface area contributed by atoms with Crippen molar-refractivity contribution in [3.05, 3.63) is 39.1 Å². The Morgan fingerprint density at radius 2 is 1.82 bits per heavy atom. The predicted octanol–water partition coefficient (Wildman–Crippen LogP) is 0.731. The largest absolute Gasteiger partial charge is 0.339 e. The fourth-order valence-electron chi connectivity index (χ4n) is 6.11. The number of nitrogens with zero attached hydrogens (tertiary/aromatic N) is 6. The van der Waals surface area contributed by atoms with E-state index < -0.39 is 0 Å². The van der Waals surface area contributed by atoms with Crippen LogP contribution in [0.4, 0.5) is 0 Å². The monoisotopic (exact) mass is 447 g/mol. The minimum Gasteiger partial charge on any atom is -0.339 e. The summed E-state index contributed by atoms with van der Waals surface area (Å²) in [6, 6.07) is 2.35. The van der Waals surface area contributed by atoms with Crippen LogP contribution in [0.3, 0.4) is 0 Å². The van der Waals surface area contributed by atoms with E-state index in [-0.39, 0.29) is 28.2 Å². The summed E-state index contributed by atoms with van der Waals surface area (Å²) in [6.07, 6.45) is 6.02. The third-order valence-electron chi connectivity index (χ3n) is 7.95. The Morgan fingerprint density at radius 1 is 1.12 bits per heavy atom. The van der Waals surface area contributed by atoms with Gasteiger partial charge in [0, 0.05) is 31.7 Å². The number of aromatic nitrogens is 4. The van der Waals surface area contributed by atoms with Gasteiger partial charge in [-0.05, 0) is 45.4 Å². The second-order valence-corrected chi connectivity index (χ2v) is 10.0. The van der Waals surface area contributed by atoms with Crippen LogP contribution in [0, 0.1) is 29.1 Å². The van der Waals surface area contributed by atoms with E-state index in [4.69, 9.17) is 0 Å². The molecule has 10 heteroatoms. The zero-order valence-electron chi connectivity index (χ0n) is 18.6. The molecule has 0 spiro atoms. The van der Waals surface area contributed by atoms with Crippen LogP contribution in [0.5, 0.6) is 0 Å². The zero-order valence-corrected chi connectivity index (χ0v) is 18.6. The van der Waals surface area contributed by atoms with Gasteiger partial charge in [-0.2, -0.15) is 10.4 Å². The Hall–Kier alpha value is -3.48. The number of rotatable bonds is 3. The standard InChI is InChI=1S/C23H25N7O3/c1-14-16(9-25-30(14)21-26-17-4-2-3-15(17)18(31)27-21)19(32)28-5-7-29(8-6-28)20(33)23-10-22(11-23,12-23)13-24/h9H,2-8,10-12H2,1H3,(H,26,27,31). The van der Waals surface area contributed by atoms with E-state index in [9.17, 15) is 19.6 Å². The summed E-state index contributed by atoms with van der Waals surface area (Å²) in [4.78, 5) is 49.4. The van der Waals surface area contributed by atoms with Crippen molar-refractivity contribution < 1.29 is 9.59 Å². The van der Waals surface area contributed by atoms with Crippen LogP contribution < -0.4 is 5.56 Å². The first kappa shape index (κ1) is 20.1. The molecular formula is C23H25N7O3. The molecule has 2 bridgehead atoms. The predicted molar refractivity (Wildman–Crippen MR) is 116 cm³/mol. The van der Waals surface area contributed by atoms with Gasteiger partial charge < -0.3 is 9.80 Å². The first-order valence-electron chi connectivity index (χ1n) is 11.5. The number of carbonyl (C=O) groups excluding carboxylic acids is 2. The lowest BCUT2D eigenvalue weighted by atomic mass is 9.35. The van der Waals surface area contributed by atoms with Crippen molar-refractivity contribution in [3.8, 4) is 12.0 Å². The van der Waals surface area contributed by atoms with Crippen LogP contribution in [0.2, 0.25) is 0 Å². The van der Waals surface area contributed by atoms with Gasteiger partial charge in [-0.3, -0.25) is 19.4 Å². The summed E-state index contributed by atoms with van der Waals surface area (Å²) >= 11 is 0. The Kier molecular flexibility index (Phi) is 4.13. The number of aromatic amines is 1. The molecule has 1 N–H and O–H groups in total. The third-order valence-corrected chi connectivity index (χ3v) is 7.95. The van der Waals surface area contributed by atoms with Crippen LogP contribution >= 0.6 is 0 Å². The molecule has 2 aromatic rings. The number of carbonyl (C=O) groups is 2. The first-order valence-corrected chi connectivity index (χ1v) is 11.5. The lowest BCUT2D eigenvalue weighted by Crippen LogP contribution is -2.68. The summed E-state index contributed by atoms with van der Waals surface area (Å²) in [5, 5.41) is 13.5. The smallest absolute Gasteiger partial charge is 0.257 e. The molecule has 4 aliphatic carbocycles. The molecule has 2 aromatic heterocycles. The molecule has 33 heavy (non-hydrogen) atoms. The summed E-state index contributed by atoms with van der Waals surface area (Å²) in [7, 11) is 0. The number of nitriles is 1. The highest BCUT2D eigenvalue weighted by molar-refractivity contribution is 5.95. The molecule has 10 nitrogen and oxygen atoms in total. The number of aryl methyl sites for hydroxylation is 1. The average molecular weight is 447 g/mol. The number of fused-ring (bicyclic) bond motifs is 1. The average Bonchev–Trinajstić information content (AvgIpc) is 3.38. The Bertz CT molecular complexity index is 1270. The van der Waals surface area contributed by atoms with E-state index in [1.165, 1.54) is 10.9 Å². The molecule has 0 aromatic carbocycles. The lowest BCUT2D eigenvalue weighted by Gasteiger charge is -2.66. The summed E-state index contributed by atoms with van der Waals surface area (Å²) in [5.74, 6) is 0.340. The SMILES string of the molecule is Cc1c(C(=O)N2CCN(C(=O)C34CC(C#N)(C3)C4)CC2)cnn1-c1nc2c(c(=O)[nH]1)CCC2. The van der Waals surface area contributed by atoms with Crippen molar-refractivity contribution in [2.75, 3.05) is 26.2 Å². The quantitative estimate of drug-likeness (QED) is 0.739. The lowest BCUT2D eigenvalue weighted by molar-refractivity contribution is -0.197. The van der Waals surface area contributed by atoms with Gasteiger partial charge in [0.1, 0.15) is 0 Å². The second-order valence-electron chi connectivity index (χ2n) is 10.0. The van der Waals surface area contributed by atoms with Gasteiger partial charge >= 0.3 is 0 Å². The molecule has 7 rings (SSSR count). The van der Waals surface area contributed by atoms with E-state index in [1.807, 2.05) is 4.90 Å². The fourth-order valence-corrected chi connectivity index (χ4v) is 6.11. The first-order chi connectivity index (χ1) is 15.8. The van der Waals surface area contributed by atoms with Crippen LogP contribution in [0.25, 0.3) is 5.95 Å². The molecule has 1 aliphatic heterocycles. The van der Waals surface area contributed by atoms with Gasteiger partial charge in [-0.15, -0.1) is 0 Å². The Labute approximate surface area is 190 Å². The van der Waals surface area contributed by atoms with Gasteiger partial charge in [-0.1, -0.05) is 0 Å². The molecule has 1 saturated heterocycles. The van der Waals surface area contributed by atoms with E-state index in [2.05, 4.69) is 21.1 Å². The molecular weight excluding hydrogens is 422 g/mol. The van der Waals surface area contributed by atoms with Crippen molar-refractivity contribution in [2.24, 2.45) is 10.8 Å². The molecule has 5 aliphatic rings. The van der Waals surface area contributed by atoms with Gasteiger partial charge in [-0.25, -0.2) is 9.67 Å². The van der Waals surface area contributed by atoms with Gasteiger partial charge in [0.15, 0.2) is 0 Å². The highest BCUT2D eigenvalue weighted by atomic mass is 16.2. The van der Waals surface area contributed by atoms with Gasteiger partial charge in [0.05, 0.1) is 40.0 Å². The van der Waals surface area contributed by atoms with E-state index in [0.717, 1.165) is 30.5 Å². The maximum Gasteiger partial charge on any atom is 0.257 e. The van der Waals surface area contributed by atoms with E-state index in [0.29, 0.717) is 62.6 Å². The molecule has 0 unspecified atom stereocenters. The van der Waals surface area contributed by atoms with E-state index in [1.54, 1.807) is 11.8 Å². The second kappa shape index (κ2) is 6.76.